The van der Waals surface area contributed by atoms with Gasteiger partial charge in [0.05, 0.1) is 0 Å². The predicted octanol–water partition coefficient (Wildman–Crippen LogP) is 2.69. The van der Waals surface area contributed by atoms with E-state index in [0.717, 1.165) is 0 Å². The van der Waals surface area contributed by atoms with Crippen LogP contribution in [0, 0.1) is 0 Å². The monoisotopic (exact) mass is 317 g/mol. The Morgan fingerprint density at radius 1 is 0.600 bits per heavy atom. The zero-order valence-electron chi connectivity index (χ0n) is 8.56. The predicted molar refractivity (Wildman–Crippen MR) is 38.2 cm³/mol. The lowest BCUT2D eigenvalue weighted by Crippen LogP contribution is -2.24. The summed E-state index contributed by atoms with van der Waals surface area (Å²) in [4.78, 5) is 6.68. The van der Waals surface area contributed by atoms with Gasteiger partial charge in [-0.25, -0.2) is 0 Å². The Morgan fingerprint density at radius 3 is 1.20 bits per heavy atom. The first-order valence-corrected chi connectivity index (χ1v) is 4.11. The molecule has 1 aromatic heterocycles. The molecule has 0 saturated heterocycles. The number of aromatic nitrogens is 3. The van der Waals surface area contributed by atoms with Crippen LogP contribution in [-0.2, 0) is 6.18 Å². The second kappa shape index (κ2) is 4.82. The summed E-state index contributed by atoms with van der Waals surface area (Å²) in [5, 5.41) is 0. The van der Waals surface area contributed by atoms with E-state index in [1.807, 2.05) is 0 Å². The van der Waals surface area contributed by atoms with Gasteiger partial charge < -0.3 is 9.47 Å². The Bertz CT molecular complexity index is 446. The van der Waals surface area contributed by atoms with Gasteiger partial charge in [0.15, 0.2) is 0 Å². The van der Waals surface area contributed by atoms with Crippen LogP contribution in [-0.4, -0.2) is 27.7 Å². The van der Waals surface area contributed by atoms with Gasteiger partial charge in [-0.1, -0.05) is 0 Å². The standard InChI is InChI=1S/C6F9N3O2/c7-4(8,9)1-16-2(19-5(10,11)12)18-3(17-1)20-6(13,14)15. The second-order valence-electron chi connectivity index (χ2n) is 2.82. The van der Waals surface area contributed by atoms with Gasteiger partial charge in [-0.05, 0) is 0 Å². The summed E-state index contributed by atoms with van der Waals surface area (Å²) in [5.41, 5.74) is 0. The number of halogens is 9. The summed E-state index contributed by atoms with van der Waals surface area (Å²) in [6.45, 7) is 0. The van der Waals surface area contributed by atoms with Crippen LogP contribution in [0.2, 0.25) is 0 Å². The highest BCUT2D eigenvalue weighted by atomic mass is 19.4. The highest BCUT2D eigenvalue weighted by Crippen LogP contribution is 2.30. The minimum absolute atomic E-state index is 2.04. The molecule has 0 radical (unpaired) electrons. The molecule has 0 bridgehead atoms. The molecular weight excluding hydrogens is 317 g/mol. The van der Waals surface area contributed by atoms with E-state index in [4.69, 9.17) is 0 Å². The molecule has 20 heavy (non-hydrogen) atoms. The Balaban J connectivity index is 3.22. The van der Waals surface area contributed by atoms with Crippen LogP contribution >= 0.6 is 0 Å². The van der Waals surface area contributed by atoms with E-state index in [2.05, 4.69) is 24.4 Å². The fraction of sp³-hybridized carbons (Fsp3) is 0.500. The van der Waals surface area contributed by atoms with Crippen molar-refractivity contribution in [2.24, 2.45) is 0 Å². The molecule has 1 heterocycles. The minimum atomic E-state index is -5.51. The van der Waals surface area contributed by atoms with Crippen molar-refractivity contribution >= 4 is 0 Å². The second-order valence-corrected chi connectivity index (χ2v) is 2.82. The Labute approximate surface area is 102 Å². The summed E-state index contributed by atoms with van der Waals surface area (Å²) >= 11 is 0. The first kappa shape index (κ1) is 16.0. The first-order valence-electron chi connectivity index (χ1n) is 4.11. The van der Waals surface area contributed by atoms with Crippen molar-refractivity contribution in [1.82, 2.24) is 15.0 Å². The molecule has 0 saturated carbocycles. The molecule has 0 atom stereocenters. The smallest absolute Gasteiger partial charge is 0.370 e. The maximum atomic E-state index is 12.2. The molecule has 0 unspecified atom stereocenters. The van der Waals surface area contributed by atoms with Crippen LogP contribution in [0.15, 0.2) is 0 Å². The molecule has 0 aliphatic carbocycles. The zero-order chi connectivity index (χ0) is 15.8. The lowest BCUT2D eigenvalue weighted by Gasteiger charge is -2.12. The number of hydrogen-bond acceptors (Lipinski definition) is 5. The summed E-state index contributed by atoms with van der Waals surface area (Å²) in [6.07, 6.45) is -16.5. The maximum Gasteiger partial charge on any atom is 0.575 e. The Kier molecular flexibility index (Phi) is 3.87. The van der Waals surface area contributed by atoms with Gasteiger partial charge in [-0.15, -0.1) is 31.3 Å². The minimum Gasteiger partial charge on any atom is -0.370 e. The van der Waals surface area contributed by atoms with E-state index in [1.54, 1.807) is 0 Å². The van der Waals surface area contributed by atoms with Gasteiger partial charge in [0.25, 0.3) is 0 Å². The third-order valence-electron chi connectivity index (χ3n) is 1.26. The quantitative estimate of drug-likeness (QED) is 0.785. The maximum absolute atomic E-state index is 12.2. The molecule has 0 aromatic carbocycles. The molecular formula is C6F9N3O2. The fourth-order valence-corrected chi connectivity index (χ4v) is 0.763. The van der Waals surface area contributed by atoms with Gasteiger partial charge in [0, 0.05) is 0 Å². The molecule has 1 rings (SSSR count). The molecule has 0 spiro atoms. The van der Waals surface area contributed by atoms with Gasteiger partial charge in [0.1, 0.15) is 0 Å². The lowest BCUT2D eigenvalue weighted by molar-refractivity contribution is -0.282. The number of ether oxygens (including phenoxy) is 2. The molecule has 0 aliphatic heterocycles. The average Bonchev–Trinajstić information content (AvgIpc) is 2.09. The summed E-state index contributed by atoms with van der Waals surface area (Å²) in [7, 11) is 0. The van der Waals surface area contributed by atoms with Crippen LogP contribution in [0.5, 0.6) is 12.0 Å². The van der Waals surface area contributed by atoms with E-state index in [9.17, 15) is 39.5 Å². The molecule has 0 aliphatic rings. The van der Waals surface area contributed by atoms with Gasteiger partial charge in [0.2, 0.25) is 5.82 Å². The number of rotatable bonds is 2. The summed E-state index contributed by atoms with van der Waals surface area (Å²) in [6, 6.07) is -4.09. The SMILES string of the molecule is FC(F)(F)Oc1nc(OC(F)(F)F)nc(C(F)(F)F)n1. The molecule has 0 N–H and O–H groups in total. The third kappa shape index (κ3) is 5.31. The third-order valence-corrected chi connectivity index (χ3v) is 1.26. The number of alkyl halides is 9. The van der Waals surface area contributed by atoms with Crippen molar-refractivity contribution in [2.45, 2.75) is 18.9 Å². The topological polar surface area (TPSA) is 57.1 Å². The van der Waals surface area contributed by atoms with Crippen LogP contribution in [0.1, 0.15) is 5.82 Å². The van der Waals surface area contributed by atoms with Crippen molar-refractivity contribution in [3.8, 4) is 12.0 Å². The molecule has 0 fully saturated rings. The van der Waals surface area contributed by atoms with Crippen molar-refractivity contribution in [2.75, 3.05) is 0 Å². The average molecular weight is 317 g/mol. The summed E-state index contributed by atoms with van der Waals surface area (Å²) in [5.74, 6) is -2.34. The lowest BCUT2D eigenvalue weighted by atomic mass is 10.6. The van der Waals surface area contributed by atoms with Crippen LogP contribution in [0.4, 0.5) is 39.5 Å². The van der Waals surface area contributed by atoms with Crippen molar-refractivity contribution in [1.29, 1.82) is 0 Å². The van der Waals surface area contributed by atoms with Gasteiger partial charge >= 0.3 is 30.9 Å². The molecule has 0 amide bonds. The number of nitrogens with zero attached hydrogens (tertiary/aromatic N) is 3. The van der Waals surface area contributed by atoms with E-state index in [1.165, 1.54) is 0 Å². The van der Waals surface area contributed by atoms with Gasteiger partial charge in [-0.3, -0.25) is 0 Å². The van der Waals surface area contributed by atoms with Crippen molar-refractivity contribution in [3.05, 3.63) is 5.82 Å². The zero-order valence-corrected chi connectivity index (χ0v) is 8.56. The largest absolute Gasteiger partial charge is 0.575 e. The van der Waals surface area contributed by atoms with Crippen LogP contribution in [0.3, 0.4) is 0 Å². The van der Waals surface area contributed by atoms with Crippen LogP contribution < -0.4 is 9.47 Å². The Morgan fingerprint density at radius 2 is 0.950 bits per heavy atom. The van der Waals surface area contributed by atoms with E-state index >= 15 is 0 Å². The van der Waals surface area contributed by atoms with E-state index < -0.39 is 36.7 Å². The number of hydrogen-bond donors (Lipinski definition) is 0. The van der Waals surface area contributed by atoms with Gasteiger partial charge in [-0.2, -0.15) is 23.1 Å². The molecule has 14 heteroatoms. The highest BCUT2D eigenvalue weighted by Gasteiger charge is 2.41. The molecule has 5 nitrogen and oxygen atoms in total. The van der Waals surface area contributed by atoms with E-state index in [0.29, 0.717) is 0 Å². The molecule has 1 aromatic rings. The summed E-state index contributed by atoms with van der Waals surface area (Å²) < 4.78 is 113. The van der Waals surface area contributed by atoms with Crippen molar-refractivity contribution in [3.63, 3.8) is 0 Å². The first-order chi connectivity index (χ1) is 8.76. The normalized spacial score (nSPS) is 13.2. The van der Waals surface area contributed by atoms with E-state index in [-0.39, 0.29) is 0 Å². The highest BCUT2D eigenvalue weighted by molar-refractivity contribution is 5.08. The molecule has 114 valence electrons. The van der Waals surface area contributed by atoms with Crippen molar-refractivity contribution < 1.29 is 49.0 Å². The fourth-order valence-electron chi connectivity index (χ4n) is 0.763. The van der Waals surface area contributed by atoms with Crippen LogP contribution in [0.25, 0.3) is 0 Å². The Hall–Kier alpha value is -2.02.